The fourth-order valence-corrected chi connectivity index (χ4v) is 8.80. The topological polar surface area (TPSA) is 105 Å². The third-order valence-electron chi connectivity index (χ3n) is 11.5. The first-order valence-corrected chi connectivity index (χ1v) is 19.5. The van der Waals surface area contributed by atoms with Gasteiger partial charge in [0.1, 0.15) is 6.07 Å². The number of fused-ring (bicyclic) bond motifs is 6. The standard InChI is InChI=1S/C53H27F3N6/c54-53(55,56)46-23-32(28-57)17-20-40(46)45-27-49(61-47-15-7-5-13-41(47)43-21-18-33(24-50(43)61)38-11-3-1-9-35(38)29-58)37(31-60)26-52(45)62-48-16-8-6-14-42(48)44-22-19-34(25-51(44)62)39-12-4-2-10-36(39)30-59/h1-27H. The number of aromatic nitrogens is 2. The van der Waals surface area contributed by atoms with Gasteiger partial charge in [-0.3, -0.25) is 0 Å². The first-order valence-electron chi connectivity index (χ1n) is 19.5. The van der Waals surface area contributed by atoms with Crippen LogP contribution < -0.4 is 0 Å². The highest BCUT2D eigenvalue weighted by Gasteiger charge is 2.35. The van der Waals surface area contributed by atoms with Crippen LogP contribution in [0.1, 0.15) is 27.8 Å². The van der Waals surface area contributed by atoms with Crippen LogP contribution >= 0.6 is 0 Å². The molecule has 8 aromatic carbocycles. The Kier molecular flexibility index (Phi) is 8.70. The van der Waals surface area contributed by atoms with E-state index in [1.807, 2.05) is 124 Å². The molecule has 0 bridgehead atoms. The highest BCUT2D eigenvalue weighted by Crippen LogP contribution is 2.45. The number of hydrogen-bond donors (Lipinski definition) is 0. The normalized spacial score (nSPS) is 11.4. The number of nitrogens with zero attached hydrogens (tertiary/aromatic N) is 6. The Balaban J connectivity index is 1.35. The third kappa shape index (κ3) is 5.85. The van der Waals surface area contributed by atoms with Gasteiger partial charge in [-0.2, -0.15) is 34.2 Å². The van der Waals surface area contributed by atoms with Gasteiger partial charge < -0.3 is 9.13 Å². The van der Waals surface area contributed by atoms with Crippen molar-refractivity contribution in [3.8, 4) is 69.0 Å². The highest BCUT2D eigenvalue weighted by atomic mass is 19.4. The molecule has 9 heteroatoms. The molecule has 0 unspecified atom stereocenters. The number of alkyl halides is 3. The van der Waals surface area contributed by atoms with Gasteiger partial charge in [0.15, 0.2) is 0 Å². The van der Waals surface area contributed by atoms with Gasteiger partial charge in [0, 0.05) is 27.1 Å². The number of benzene rings is 8. The van der Waals surface area contributed by atoms with Gasteiger partial charge in [0.25, 0.3) is 0 Å². The Hall–Kier alpha value is -8.89. The van der Waals surface area contributed by atoms with Crippen LogP contribution in [0.15, 0.2) is 164 Å². The first-order chi connectivity index (χ1) is 30.2. The van der Waals surface area contributed by atoms with E-state index in [1.165, 1.54) is 12.1 Å². The Morgan fingerprint density at radius 2 is 0.855 bits per heavy atom. The minimum Gasteiger partial charge on any atom is -0.309 e. The van der Waals surface area contributed by atoms with Crippen molar-refractivity contribution in [2.45, 2.75) is 6.18 Å². The number of nitriles is 4. The summed E-state index contributed by atoms with van der Waals surface area (Å²) < 4.78 is 49.7. The predicted octanol–water partition coefficient (Wildman–Crippen LogP) is 13.4. The van der Waals surface area contributed by atoms with E-state index in [-0.39, 0.29) is 22.3 Å². The number of halogens is 3. The molecule has 290 valence electrons. The summed E-state index contributed by atoms with van der Waals surface area (Å²) in [5.41, 5.74) is 6.21. The zero-order valence-electron chi connectivity index (χ0n) is 32.4. The fraction of sp³-hybridized carbons (Fsp3) is 0.0189. The van der Waals surface area contributed by atoms with E-state index in [1.54, 1.807) is 36.4 Å². The average Bonchev–Trinajstić information content (AvgIpc) is 3.82. The molecule has 0 aliphatic rings. The molecule has 0 radical (unpaired) electrons. The summed E-state index contributed by atoms with van der Waals surface area (Å²) in [7, 11) is 0. The van der Waals surface area contributed by atoms with Gasteiger partial charge in [0.05, 0.1) is 79.5 Å². The van der Waals surface area contributed by atoms with Crippen molar-refractivity contribution in [1.29, 1.82) is 21.0 Å². The smallest absolute Gasteiger partial charge is 0.309 e. The van der Waals surface area contributed by atoms with Crippen molar-refractivity contribution < 1.29 is 13.2 Å². The number of rotatable bonds is 5. The molecular weight excluding hydrogens is 778 g/mol. The maximum Gasteiger partial charge on any atom is 0.417 e. The van der Waals surface area contributed by atoms with Gasteiger partial charge in [-0.25, -0.2) is 0 Å². The molecular formula is C53H27F3N6. The second kappa shape index (κ2) is 14.4. The van der Waals surface area contributed by atoms with Crippen LogP contribution in [-0.2, 0) is 6.18 Å². The Bertz CT molecular complexity index is 3690. The lowest BCUT2D eigenvalue weighted by molar-refractivity contribution is -0.137. The van der Waals surface area contributed by atoms with Gasteiger partial charge in [-0.15, -0.1) is 0 Å². The van der Waals surface area contributed by atoms with Gasteiger partial charge in [-0.1, -0.05) is 103 Å². The van der Waals surface area contributed by atoms with Crippen molar-refractivity contribution >= 4 is 43.6 Å². The first kappa shape index (κ1) is 37.4. The second-order valence-electron chi connectivity index (χ2n) is 14.9. The summed E-state index contributed by atoms with van der Waals surface area (Å²) in [5.74, 6) is 0. The van der Waals surface area contributed by atoms with Crippen molar-refractivity contribution in [2.75, 3.05) is 0 Å². The Morgan fingerprint density at radius 1 is 0.371 bits per heavy atom. The van der Waals surface area contributed by atoms with Gasteiger partial charge >= 0.3 is 6.18 Å². The molecule has 0 aliphatic carbocycles. The molecule has 0 fully saturated rings. The third-order valence-corrected chi connectivity index (χ3v) is 11.5. The van der Waals surface area contributed by atoms with Crippen molar-refractivity contribution in [2.24, 2.45) is 0 Å². The average molecular weight is 805 g/mol. The van der Waals surface area contributed by atoms with E-state index in [4.69, 9.17) is 0 Å². The van der Waals surface area contributed by atoms with Crippen LogP contribution in [0.25, 0.3) is 88.4 Å². The zero-order chi connectivity index (χ0) is 42.7. The molecule has 0 saturated carbocycles. The van der Waals surface area contributed by atoms with Crippen LogP contribution in [0, 0.1) is 45.3 Å². The van der Waals surface area contributed by atoms with E-state index >= 15 is 13.2 Å². The molecule has 0 atom stereocenters. The molecule has 6 nitrogen and oxygen atoms in total. The van der Waals surface area contributed by atoms with Crippen molar-refractivity contribution in [1.82, 2.24) is 9.13 Å². The monoisotopic (exact) mass is 804 g/mol. The molecule has 2 aromatic heterocycles. The van der Waals surface area contributed by atoms with Crippen LogP contribution in [0.5, 0.6) is 0 Å². The molecule has 2 heterocycles. The van der Waals surface area contributed by atoms with E-state index in [9.17, 15) is 21.0 Å². The molecule has 10 rings (SSSR count). The molecule has 10 aromatic rings. The summed E-state index contributed by atoms with van der Waals surface area (Å²) in [6, 6.07) is 56.9. The summed E-state index contributed by atoms with van der Waals surface area (Å²) in [5, 5.41) is 44.2. The minimum atomic E-state index is -4.86. The maximum absolute atomic E-state index is 15.3. The maximum atomic E-state index is 15.3. The molecule has 0 spiro atoms. The molecule has 0 aliphatic heterocycles. The van der Waals surface area contributed by atoms with Crippen LogP contribution in [0.3, 0.4) is 0 Å². The van der Waals surface area contributed by atoms with E-state index < -0.39 is 11.7 Å². The minimum absolute atomic E-state index is 0.151. The quantitative estimate of drug-likeness (QED) is 0.173. The fourth-order valence-electron chi connectivity index (χ4n) is 8.80. The molecule has 62 heavy (non-hydrogen) atoms. The van der Waals surface area contributed by atoms with E-state index in [0.29, 0.717) is 50.2 Å². The lowest BCUT2D eigenvalue weighted by atomic mass is 9.93. The van der Waals surface area contributed by atoms with E-state index in [2.05, 4.69) is 18.2 Å². The van der Waals surface area contributed by atoms with Gasteiger partial charge in [-0.05, 0) is 88.5 Å². The largest absolute Gasteiger partial charge is 0.417 e. The lowest BCUT2D eigenvalue weighted by Gasteiger charge is -2.21. The number of para-hydroxylation sites is 2. The molecule has 0 amide bonds. The Morgan fingerprint density at radius 3 is 1.37 bits per heavy atom. The Labute approximate surface area is 352 Å². The molecule has 0 N–H and O–H groups in total. The highest BCUT2D eigenvalue weighted by molar-refractivity contribution is 6.12. The second-order valence-corrected chi connectivity index (χ2v) is 14.9. The van der Waals surface area contributed by atoms with Crippen LogP contribution in [0.4, 0.5) is 13.2 Å². The summed E-state index contributed by atoms with van der Waals surface area (Å²) in [6.45, 7) is 0. The van der Waals surface area contributed by atoms with Crippen molar-refractivity contribution in [3.63, 3.8) is 0 Å². The lowest BCUT2D eigenvalue weighted by Crippen LogP contribution is -2.10. The molecule has 0 saturated heterocycles. The predicted molar refractivity (Wildman–Crippen MR) is 235 cm³/mol. The van der Waals surface area contributed by atoms with Crippen LogP contribution in [-0.4, -0.2) is 9.13 Å². The van der Waals surface area contributed by atoms with Crippen molar-refractivity contribution in [3.05, 3.63) is 192 Å². The van der Waals surface area contributed by atoms with Gasteiger partial charge in [0.2, 0.25) is 0 Å². The van der Waals surface area contributed by atoms with Crippen LogP contribution in [0.2, 0.25) is 0 Å². The summed E-state index contributed by atoms with van der Waals surface area (Å²) >= 11 is 0. The van der Waals surface area contributed by atoms with E-state index in [0.717, 1.165) is 44.3 Å². The zero-order valence-corrected chi connectivity index (χ0v) is 32.4. The SMILES string of the molecule is N#Cc1ccc(-c2cc(-n3c4ccccc4c4ccc(-c5ccccc5C#N)cc43)c(C#N)cc2-n2c3ccccc3c3ccc(-c4ccccc4C#N)cc32)c(C(F)(F)F)c1. The number of hydrogen-bond acceptors (Lipinski definition) is 4. The summed E-state index contributed by atoms with van der Waals surface area (Å²) in [4.78, 5) is 0. The summed E-state index contributed by atoms with van der Waals surface area (Å²) in [6.07, 6.45) is -4.86.